The summed E-state index contributed by atoms with van der Waals surface area (Å²) in [4.78, 5) is 28.4. The molecule has 0 bridgehead atoms. The van der Waals surface area contributed by atoms with Crippen LogP contribution in [0.25, 0.3) is 11.0 Å². The zero-order valence-corrected chi connectivity index (χ0v) is 16.2. The molecule has 0 N–H and O–H groups in total. The van der Waals surface area contributed by atoms with Crippen molar-refractivity contribution in [3.05, 3.63) is 59.6 Å². The van der Waals surface area contributed by atoms with E-state index in [1.54, 1.807) is 37.3 Å². The Morgan fingerprint density at radius 2 is 1.83 bits per heavy atom. The Balaban J connectivity index is 1.98. The Kier molecular flexibility index (Phi) is 6.50. The summed E-state index contributed by atoms with van der Waals surface area (Å²) in [5.74, 6) is -3.06. The maximum absolute atomic E-state index is 12.7. The van der Waals surface area contributed by atoms with Gasteiger partial charge in [0.2, 0.25) is 5.75 Å². The van der Waals surface area contributed by atoms with E-state index in [1.165, 1.54) is 0 Å². The number of pyridine rings is 1. The maximum atomic E-state index is 12.7. The number of hydrogen-bond acceptors (Lipinski definition) is 8. The van der Waals surface area contributed by atoms with Crippen LogP contribution >= 0.6 is 12.0 Å². The highest BCUT2D eigenvalue weighted by Crippen LogP contribution is 2.40. The quantitative estimate of drug-likeness (QED) is 0.378. The second-order valence-corrected chi connectivity index (χ2v) is 6.51. The molecular formula is C19H14F3NO6S. The van der Waals surface area contributed by atoms with Crippen LogP contribution in [0.15, 0.2) is 47.1 Å². The van der Waals surface area contributed by atoms with Crippen LogP contribution in [0.4, 0.5) is 13.2 Å². The van der Waals surface area contributed by atoms with Crippen LogP contribution in [0.1, 0.15) is 33.4 Å². The van der Waals surface area contributed by atoms with E-state index >= 15 is 0 Å². The monoisotopic (exact) mass is 441 g/mol. The Bertz CT molecular complexity index is 1050. The number of rotatable bonds is 7. The number of hydrogen-bond donors (Lipinski definition) is 0. The van der Waals surface area contributed by atoms with Crippen molar-refractivity contribution in [1.82, 2.24) is 4.98 Å². The molecule has 11 heteroatoms. The summed E-state index contributed by atoms with van der Waals surface area (Å²) < 4.78 is 58.1. The zero-order chi connectivity index (χ0) is 21.7. The van der Waals surface area contributed by atoms with Crippen molar-refractivity contribution in [1.29, 1.82) is 0 Å². The van der Waals surface area contributed by atoms with Gasteiger partial charge >= 0.3 is 17.4 Å². The second kappa shape index (κ2) is 9.08. The lowest BCUT2D eigenvalue weighted by Gasteiger charge is -2.07. The first-order valence-corrected chi connectivity index (χ1v) is 9.25. The number of carbonyl (C=O) groups excluding carboxylic acids is 2. The fourth-order valence-electron chi connectivity index (χ4n) is 2.44. The van der Waals surface area contributed by atoms with Crippen LogP contribution in [0.2, 0.25) is 0 Å². The molecule has 3 rings (SSSR count). The predicted molar refractivity (Wildman–Crippen MR) is 99.8 cm³/mol. The minimum Gasteiger partial charge on any atom is -0.462 e. The summed E-state index contributed by atoms with van der Waals surface area (Å²) in [5, 5.41) is -0.107. The average Bonchev–Trinajstić information content (AvgIpc) is 3.09. The van der Waals surface area contributed by atoms with Gasteiger partial charge in [0.1, 0.15) is 12.2 Å². The van der Waals surface area contributed by atoms with E-state index in [0.717, 1.165) is 12.4 Å². The summed E-state index contributed by atoms with van der Waals surface area (Å²) in [7, 11) is 0. The van der Waals surface area contributed by atoms with E-state index in [1.807, 2.05) is 0 Å². The van der Waals surface area contributed by atoms with Crippen molar-refractivity contribution < 1.29 is 40.8 Å². The molecule has 0 amide bonds. The normalized spacial score (nSPS) is 11.3. The van der Waals surface area contributed by atoms with Gasteiger partial charge in [-0.1, -0.05) is 30.3 Å². The fraction of sp³-hybridized carbons (Fsp3) is 0.211. The summed E-state index contributed by atoms with van der Waals surface area (Å²) in [5.41, 5.74) is -4.46. The number of nitrogens with zero attached hydrogens (tertiary/aromatic N) is 1. The third kappa shape index (κ3) is 5.03. The van der Waals surface area contributed by atoms with E-state index in [-0.39, 0.29) is 29.7 Å². The molecule has 2 aromatic heterocycles. The predicted octanol–water partition coefficient (Wildman–Crippen LogP) is 4.91. The molecule has 1 aromatic carbocycles. The van der Waals surface area contributed by atoms with Crippen molar-refractivity contribution in [3.8, 4) is 5.75 Å². The molecule has 158 valence electrons. The van der Waals surface area contributed by atoms with E-state index < -0.39 is 41.0 Å². The number of ether oxygens (including phenoxy) is 2. The van der Waals surface area contributed by atoms with Gasteiger partial charge in [0, 0.05) is 12.4 Å². The van der Waals surface area contributed by atoms with Gasteiger partial charge in [-0.05, 0) is 12.5 Å². The van der Waals surface area contributed by atoms with Crippen molar-refractivity contribution in [2.45, 2.75) is 19.0 Å². The lowest BCUT2D eigenvalue weighted by molar-refractivity contribution is -0.0370. The SMILES string of the molecule is CCOC(=O)c1cncc2c(OSC(F)(F)F)c(C(=O)OCc3ccccc3)oc12. The molecule has 0 aliphatic carbocycles. The molecule has 3 aromatic rings. The number of carbonyl (C=O) groups is 2. The summed E-state index contributed by atoms with van der Waals surface area (Å²) in [6, 6.07) is 8.64. The molecule has 0 saturated heterocycles. The fourth-order valence-corrected chi connectivity index (χ4v) is 2.78. The highest BCUT2D eigenvalue weighted by atomic mass is 32.2. The average molecular weight is 441 g/mol. The van der Waals surface area contributed by atoms with E-state index in [4.69, 9.17) is 18.1 Å². The number of esters is 2. The number of fused-ring (bicyclic) bond motifs is 1. The van der Waals surface area contributed by atoms with Crippen LogP contribution in [-0.2, 0) is 16.1 Å². The molecule has 0 fully saturated rings. The van der Waals surface area contributed by atoms with E-state index in [2.05, 4.69) is 4.98 Å². The number of aromatic nitrogens is 1. The van der Waals surface area contributed by atoms with E-state index in [0.29, 0.717) is 5.56 Å². The highest BCUT2D eigenvalue weighted by molar-refractivity contribution is 7.95. The molecule has 0 spiro atoms. The van der Waals surface area contributed by atoms with Gasteiger partial charge in [-0.15, -0.1) is 0 Å². The summed E-state index contributed by atoms with van der Waals surface area (Å²) >= 11 is -0.835. The minimum absolute atomic E-state index is 0.0508. The smallest absolute Gasteiger partial charge is 0.462 e. The third-order valence-corrected chi connectivity index (χ3v) is 4.10. The molecule has 0 unspecified atom stereocenters. The molecule has 0 atom stereocenters. The van der Waals surface area contributed by atoms with Gasteiger partial charge in [-0.3, -0.25) is 4.98 Å². The first-order valence-electron chi connectivity index (χ1n) is 8.51. The molecule has 0 aliphatic heterocycles. The largest absolute Gasteiger partial charge is 0.479 e. The zero-order valence-electron chi connectivity index (χ0n) is 15.4. The lowest BCUT2D eigenvalue weighted by atomic mass is 10.2. The molecule has 30 heavy (non-hydrogen) atoms. The van der Waals surface area contributed by atoms with Crippen LogP contribution < -0.4 is 4.18 Å². The Hall–Kier alpha value is -3.21. The van der Waals surface area contributed by atoms with Gasteiger partial charge < -0.3 is 18.1 Å². The Morgan fingerprint density at radius 1 is 1.10 bits per heavy atom. The minimum atomic E-state index is -4.75. The van der Waals surface area contributed by atoms with Gasteiger partial charge in [0.25, 0.3) is 5.76 Å². The van der Waals surface area contributed by atoms with Gasteiger partial charge in [-0.2, -0.15) is 13.2 Å². The Morgan fingerprint density at radius 3 is 2.50 bits per heavy atom. The van der Waals surface area contributed by atoms with Crippen molar-refractivity contribution in [2.75, 3.05) is 6.61 Å². The van der Waals surface area contributed by atoms with Crippen LogP contribution in [0, 0.1) is 0 Å². The van der Waals surface area contributed by atoms with Crippen molar-refractivity contribution >= 4 is 35.0 Å². The van der Waals surface area contributed by atoms with Gasteiger partial charge in [0.15, 0.2) is 17.6 Å². The highest BCUT2D eigenvalue weighted by Gasteiger charge is 2.35. The number of benzene rings is 1. The van der Waals surface area contributed by atoms with Crippen LogP contribution in [0.3, 0.4) is 0 Å². The molecule has 2 heterocycles. The molecule has 0 saturated carbocycles. The standard InChI is InChI=1S/C19H14F3NO6S/c1-2-26-17(24)13-9-23-8-12-14(13)28-16(15(12)29-30-19(20,21)22)18(25)27-10-11-6-4-3-5-7-11/h3-9H,2,10H2,1H3. The molecule has 0 radical (unpaired) electrons. The van der Waals surface area contributed by atoms with Crippen molar-refractivity contribution in [2.24, 2.45) is 0 Å². The summed E-state index contributed by atoms with van der Waals surface area (Å²) in [6.45, 7) is 1.48. The first-order chi connectivity index (χ1) is 14.3. The first kappa shape index (κ1) is 21.5. The van der Waals surface area contributed by atoms with E-state index in [9.17, 15) is 22.8 Å². The molecule has 0 aliphatic rings. The third-order valence-electron chi connectivity index (χ3n) is 3.66. The second-order valence-electron chi connectivity index (χ2n) is 5.72. The summed E-state index contributed by atoms with van der Waals surface area (Å²) in [6.07, 6.45) is 2.23. The molecule has 7 nitrogen and oxygen atoms in total. The van der Waals surface area contributed by atoms with Crippen LogP contribution in [-0.4, -0.2) is 29.0 Å². The van der Waals surface area contributed by atoms with Crippen molar-refractivity contribution in [3.63, 3.8) is 0 Å². The number of furan rings is 1. The molecular weight excluding hydrogens is 427 g/mol. The topological polar surface area (TPSA) is 87.9 Å². The maximum Gasteiger partial charge on any atom is 0.479 e. The van der Waals surface area contributed by atoms with Crippen LogP contribution in [0.5, 0.6) is 5.75 Å². The van der Waals surface area contributed by atoms with Gasteiger partial charge in [-0.25, -0.2) is 9.59 Å². The lowest BCUT2D eigenvalue weighted by Crippen LogP contribution is -2.07. The number of halogens is 3. The van der Waals surface area contributed by atoms with Gasteiger partial charge in [0.05, 0.1) is 12.0 Å². The Labute approximate surface area is 172 Å². The number of alkyl halides is 3.